The van der Waals surface area contributed by atoms with E-state index in [-0.39, 0.29) is 24.0 Å². The van der Waals surface area contributed by atoms with Crippen LogP contribution in [0.5, 0.6) is 0 Å². The maximum absolute atomic E-state index is 14.9. The van der Waals surface area contributed by atoms with Crippen LogP contribution in [0.4, 0.5) is 0 Å². The summed E-state index contributed by atoms with van der Waals surface area (Å²) in [6, 6.07) is 22.3. The molecule has 46 heavy (non-hydrogen) atoms. The normalized spacial score (nSPS) is 18.8. The molecule has 248 valence electrons. The van der Waals surface area contributed by atoms with Gasteiger partial charge in [0.2, 0.25) is 10.0 Å². The fourth-order valence-corrected chi connectivity index (χ4v) is 6.95. The van der Waals surface area contributed by atoms with Crippen molar-refractivity contribution in [3.63, 3.8) is 0 Å². The average Bonchev–Trinajstić information content (AvgIpc) is 3.37. The van der Waals surface area contributed by atoms with Crippen LogP contribution in [0.3, 0.4) is 0 Å². The third-order valence-electron chi connectivity index (χ3n) is 7.67. The molecule has 0 saturated carbocycles. The van der Waals surface area contributed by atoms with Gasteiger partial charge in [0, 0.05) is 0 Å². The van der Waals surface area contributed by atoms with Crippen LogP contribution in [0.2, 0.25) is 0 Å². The van der Waals surface area contributed by atoms with Crippen LogP contribution in [0.1, 0.15) is 95.9 Å². The average molecular weight is 650 g/mol. The number of hydrogen-bond acceptors (Lipinski definition) is 7. The molecule has 0 aliphatic carbocycles. The number of rotatable bonds is 9. The molecule has 2 atom stereocenters. The van der Waals surface area contributed by atoms with Crippen LogP contribution in [-0.2, 0) is 33.8 Å². The number of esters is 2. The molecule has 3 aromatic rings. The van der Waals surface area contributed by atoms with Crippen molar-refractivity contribution in [1.29, 1.82) is 0 Å². The van der Waals surface area contributed by atoms with E-state index in [9.17, 15) is 18.0 Å². The Bertz CT molecular complexity index is 1590. The van der Waals surface area contributed by atoms with Crippen LogP contribution >= 0.6 is 0 Å². The first-order chi connectivity index (χ1) is 21.4. The molecule has 0 amide bonds. The van der Waals surface area contributed by atoms with E-state index in [1.54, 1.807) is 54.6 Å². The first-order valence-electron chi connectivity index (χ1n) is 15.6. The molecule has 1 aliphatic heterocycles. The Hall–Kier alpha value is -3.53. The van der Waals surface area contributed by atoms with Crippen LogP contribution < -0.4 is 0 Å². The Morgan fingerprint density at radius 2 is 1.28 bits per heavy atom. The molecule has 4 rings (SSSR count). The van der Waals surface area contributed by atoms with Gasteiger partial charge in [-0.2, -0.15) is 0 Å². The van der Waals surface area contributed by atoms with Gasteiger partial charge in [-0.15, -0.1) is 4.31 Å². The third-order valence-corrected chi connectivity index (χ3v) is 9.53. The van der Waals surface area contributed by atoms with Crippen molar-refractivity contribution in [2.45, 2.75) is 91.0 Å². The lowest BCUT2D eigenvalue weighted by Gasteiger charge is -2.37. The lowest BCUT2D eigenvalue weighted by molar-refractivity contribution is -0.176. The van der Waals surface area contributed by atoms with Gasteiger partial charge in [-0.3, -0.25) is 0 Å². The highest BCUT2D eigenvalue weighted by molar-refractivity contribution is 7.89. The molecule has 9 heteroatoms. The van der Waals surface area contributed by atoms with Gasteiger partial charge in [-0.05, 0) is 52.5 Å². The van der Waals surface area contributed by atoms with E-state index in [0.717, 1.165) is 15.4 Å². The molecule has 0 spiro atoms. The van der Waals surface area contributed by atoms with E-state index in [1.807, 2.05) is 60.6 Å². The summed E-state index contributed by atoms with van der Waals surface area (Å²) in [6.07, 6.45) is -2.77. The van der Waals surface area contributed by atoms with Crippen molar-refractivity contribution in [3.05, 3.63) is 101 Å². The van der Waals surface area contributed by atoms with Gasteiger partial charge in [0.05, 0.1) is 18.1 Å². The smallest absolute Gasteiger partial charge is 0.342 e. The van der Waals surface area contributed by atoms with E-state index in [2.05, 4.69) is 13.8 Å². The SMILES string of the molecule is Cc1ccc(S(=O)(=O)N2[C@H](c3ccccc3)O[C@H](c3ccc(C(C)C)cc3)C2(C(=O)OCC(C)(C)C)C(=O)OCC(C)(C)C)cc1. The number of nitrogens with zero attached hydrogens (tertiary/aromatic N) is 1. The highest BCUT2D eigenvalue weighted by Crippen LogP contribution is 2.53. The summed E-state index contributed by atoms with van der Waals surface area (Å²) in [5.74, 6) is -1.91. The van der Waals surface area contributed by atoms with E-state index in [0.29, 0.717) is 11.1 Å². The minimum absolute atomic E-state index is 0.0758. The van der Waals surface area contributed by atoms with Crippen LogP contribution in [0, 0.1) is 17.8 Å². The number of sulfonamides is 1. The molecular formula is C37H47NO7S. The van der Waals surface area contributed by atoms with Gasteiger partial charge in [-0.1, -0.05) is 128 Å². The minimum Gasteiger partial charge on any atom is -0.463 e. The number of aryl methyl sites for hydroxylation is 1. The van der Waals surface area contributed by atoms with Gasteiger partial charge in [-0.25, -0.2) is 18.0 Å². The Labute approximate surface area is 274 Å². The van der Waals surface area contributed by atoms with Gasteiger partial charge in [0.25, 0.3) is 5.54 Å². The van der Waals surface area contributed by atoms with Crippen molar-refractivity contribution in [3.8, 4) is 0 Å². The van der Waals surface area contributed by atoms with Crippen molar-refractivity contribution in [2.24, 2.45) is 10.8 Å². The highest BCUT2D eigenvalue weighted by Gasteiger charge is 2.71. The summed E-state index contributed by atoms with van der Waals surface area (Å²) in [4.78, 5) is 29.4. The summed E-state index contributed by atoms with van der Waals surface area (Å²) in [5, 5.41) is 0. The Kier molecular flexibility index (Phi) is 10.2. The Balaban J connectivity index is 2.08. The number of hydrogen-bond donors (Lipinski definition) is 0. The van der Waals surface area contributed by atoms with Crippen LogP contribution in [-0.4, -0.2) is 43.4 Å². The van der Waals surface area contributed by atoms with E-state index < -0.39 is 50.7 Å². The van der Waals surface area contributed by atoms with Gasteiger partial charge >= 0.3 is 11.9 Å². The predicted octanol–water partition coefficient (Wildman–Crippen LogP) is 7.50. The Morgan fingerprint density at radius 1 is 0.783 bits per heavy atom. The monoisotopic (exact) mass is 649 g/mol. The lowest BCUT2D eigenvalue weighted by atomic mass is 9.86. The zero-order valence-corrected chi connectivity index (χ0v) is 29.2. The molecule has 0 radical (unpaired) electrons. The minimum atomic E-state index is -4.61. The van der Waals surface area contributed by atoms with Crippen molar-refractivity contribution >= 4 is 22.0 Å². The van der Waals surface area contributed by atoms with Crippen LogP contribution in [0.15, 0.2) is 83.8 Å². The standard InChI is InChI=1S/C37H47NO7S/c1-25(2)27-17-19-28(20-18-27)31-37(33(39)43-23-35(4,5)6,34(40)44-24-36(7,8)9)38(32(45-31)29-13-11-10-12-14-29)46(41,42)30-21-15-26(3)16-22-30/h10-22,25,31-32H,23-24H2,1-9H3/t31-,32+/m1/s1. The summed E-state index contributed by atoms with van der Waals surface area (Å²) < 4.78 is 49.1. The number of carbonyl (C=O) groups excluding carboxylic acids is 2. The van der Waals surface area contributed by atoms with E-state index >= 15 is 0 Å². The summed E-state index contributed by atoms with van der Waals surface area (Å²) in [6.45, 7) is 17.1. The molecule has 0 bridgehead atoms. The van der Waals surface area contributed by atoms with Crippen molar-refractivity contribution in [1.82, 2.24) is 4.31 Å². The summed E-state index contributed by atoms with van der Waals surface area (Å²) in [5.41, 5.74) is -0.788. The quantitative estimate of drug-likeness (QED) is 0.175. The van der Waals surface area contributed by atoms with Crippen molar-refractivity contribution in [2.75, 3.05) is 13.2 Å². The summed E-state index contributed by atoms with van der Waals surface area (Å²) in [7, 11) is -4.61. The fourth-order valence-electron chi connectivity index (χ4n) is 5.19. The first-order valence-corrected chi connectivity index (χ1v) is 17.1. The number of ether oxygens (including phenoxy) is 3. The van der Waals surface area contributed by atoms with E-state index in [1.165, 1.54) is 12.1 Å². The fraction of sp³-hybridized carbons (Fsp3) is 0.459. The number of carbonyl (C=O) groups is 2. The molecule has 3 aromatic carbocycles. The molecular weight excluding hydrogens is 602 g/mol. The maximum Gasteiger partial charge on any atom is 0.342 e. The predicted molar refractivity (Wildman–Crippen MR) is 177 cm³/mol. The molecule has 8 nitrogen and oxygen atoms in total. The second-order valence-electron chi connectivity index (χ2n) is 14.8. The molecule has 1 fully saturated rings. The molecule has 1 aliphatic rings. The molecule has 1 saturated heterocycles. The second-order valence-corrected chi connectivity index (χ2v) is 16.6. The number of benzene rings is 3. The Morgan fingerprint density at radius 3 is 1.74 bits per heavy atom. The zero-order chi connectivity index (χ0) is 34.1. The first kappa shape index (κ1) is 35.3. The molecule has 0 aromatic heterocycles. The van der Waals surface area contributed by atoms with Crippen LogP contribution in [0.25, 0.3) is 0 Å². The maximum atomic E-state index is 14.9. The third kappa shape index (κ3) is 7.37. The molecule has 0 N–H and O–H groups in total. The summed E-state index contributed by atoms with van der Waals surface area (Å²) >= 11 is 0. The van der Waals surface area contributed by atoms with Gasteiger partial charge < -0.3 is 14.2 Å². The highest BCUT2D eigenvalue weighted by atomic mass is 32.2. The van der Waals surface area contributed by atoms with Crippen molar-refractivity contribution < 1.29 is 32.2 Å². The van der Waals surface area contributed by atoms with E-state index in [4.69, 9.17) is 14.2 Å². The largest absolute Gasteiger partial charge is 0.463 e. The topological polar surface area (TPSA) is 99.2 Å². The molecule has 1 heterocycles. The zero-order valence-electron chi connectivity index (χ0n) is 28.4. The second kappa shape index (κ2) is 13.3. The van der Waals surface area contributed by atoms with Gasteiger partial charge in [0.1, 0.15) is 6.10 Å². The van der Waals surface area contributed by atoms with Gasteiger partial charge in [0.15, 0.2) is 6.23 Å². The lowest BCUT2D eigenvalue weighted by Crippen LogP contribution is -2.63. The molecule has 0 unspecified atom stereocenters.